The molecule has 2 aromatic carbocycles. The summed E-state index contributed by atoms with van der Waals surface area (Å²) in [5, 5.41) is 3.68. The summed E-state index contributed by atoms with van der Waals surface area (Å²) in [4.78, 5) is 14.4. The Morgan fingerprint density at radius 3 is 2.62 bits per heavy atom. The van der Waals surface area contributed by atoms with Crippen LogP contribution in [0.1, 0.15) is 25.3 Å². The van der Waals surface area contributed by atoms with E-state index < -0.39 is 0 Å². The molecule has 1 saturated heterocycles. The molecule has 5 heteroatoms. The molecule has 4 nitrogen and oxygen atoms in total. The summed E-state index contributed by atoms with van der Waals surface area (Å²) in [6, 6.07) is 15.1. The first-order valence-electron chi connectivity index (χ1n) is 9.08. The summed E-state index contributed by atoms with van der Waals surface area (Å²) in [6.07, 6.45) is 2.43. The van der Waals surface area contributed by atoms with Gasteiger partial charge in [-0.15, -0.1) is 0 Å². The number of carbonyl (C=O) groups excluding carboxylic acids is 1. The first-order chi connectivity index (χ1) is 12.6. The van der Waals surface area contributed by atoms with E-state index in [1.54, 1.807) is 0 Å². The van der Waals surface area contributed by atoms with Gasteiger partial charge in [-0.3, -0.25) is 9.69 Å². The molecule has 0 aliphatic carbocycles. The Morgan fingerprint density at radius 2 is 1.92 bits per heavy atom. The predicted molar refractivity (Wildman–Crippen MR) is 106 cm³/mol. The van der Waals surface area contributed by atoms with E-state index in [0.717, 1.165) is 30.1 Å². The number of benzene rings is 2. The molecular weight excluding hydrogens is 348 g/mol. The van der Waals surface area contributed by atoms with Gasteiger partial charge in [0.1, 0.15) is 12.4 Å². The Morgan fingerprint density at radius 1 is 1.19 bits per heavy atom. The Hall–Kier alpha value is -2.04. The minimum atomic E-state index is 0.0360. The fourth-order valence-corrected chi connectivity index (χ4v) is 3.34. The third-order valence-corrected chi connectivity index (χ3v) is 4.82. The molecule has 0 aromatic heterocycles. The quantitative estimate of drug-likeness (QED) is 0.806. The molecular formula is C21H25ClN2O2. The van der Waals surface area contributed by atoms with Crippen LogP contribution in [0.25, 0.3) is 0 Å². The molecule has 3 rings (SSSR count). The second kappa shape index (κ2) is 9.06. The number of hydrogen-bond donors (Lipinski definition) is 1. The van der Waals surface area contributed by atoms with Crippen LogP contribution in [0.3, 0.4) is 0 Å². The van der Waals surface area contributed by atoms with Gasteiger partial charge in [-0.2, -0.15) is 0 Å². The van der Waals surface area contributed by atoms with Crippen molar-refractivity contribution in [3.05, 3.63) is 59.1 Å². The van der Waals surface area contributed by atoms with Crippen molar-refractivity contribution in [1.82, 2.24) is 4.90 Å². The number of halogens is 1. The number of rotatable bonds is 6. The number of ether oxygens (including phenoxy) is 1. The largest absolute Gasteiger partial charge is 0.489 e. The molecule has 1 heterocycles. The van der Waals surface area contributed by atoms with Gasteiger partial charge in [-0.25, -0.2) is 0 Å². The molecule has 0 radical (unpaired) electrons. The van der Waals surface area contributed by atoms with Gasteiger partial charge < -0.3 is 10.1 Å². The first-order valence-corrected chi connectivity index (χ1v) is 9.46. The van der Waals surface area contributed by atoms with Crippen molar-refractivity contribution >= 4 is 23.2 Å². The Balaban J connectivity index is 1.46. The summed E-state index contributed by atoms with van der Waals surface area (Å²) >= 11 is 5.88. The highest BCUT2D eigenvalue weighted by Gasteiger charge is 2.18. The molecule has 1 atom stereocenters. The normalized spacial score (nSPS) is 17.7. The van der Waals surface area contributed by atoms with Gasteiger partial charge in [-0.1, -0.05) is 30.7 Å². The minimum Gasteiger partial charge on any atom is -0.489 e. The topological polar surface area (TPSA) is 41.6 Å². The van der Waals surface area contributed by atoms with E-state index in [4.69, 9.17) is 16.3 Å². The van der Waals surface area contributed by atoms with Gasteiger partial charge in [-0.05, 0) is 67.3 Å². The van der Waals surface area contributed by atoms with Crippen LogP contribution in [0.2, 0.25) is 5.02 Å². The third kappa shape index (κ3) is 5.75. The molecule has 1 unspecified atom stereocenters. The van der Waals surface area contributed by atoms with E-state index in [2.05, 4.69) is 17.1 Å². The SMILES string of the molecule is CC1CCCN(CC(=O)Nc2ccc(OCc3ccc(Cl)cc3)cc2)C1. The second-order valence-electron chi connectivity index (χ2n) is 6.97. The highest BCUT2D eigenvalue weighted by Crippen LogP contribution is 2.19. The summed E-state index contributed by atoms with van der Waals surface area (Å²) in [7, 11) is 0. The van der Waals surface area contributed by atoms with Crippen LogP contribution in [0, 0.1) is 5.92 Å². The Bertz CT molecular complexity index is 716. The number of likely N-dealkylation sites (tertiary alicyclic amines) is 1. The van der Waals surface area contributed by atoms with Crippen LogP contribution < -0.4 is 10.1 Å². The van der Waals surface area contributed by atoms with Gasteiger partial charge in [0, 0.05) is 17.3 Å². The highest BCUT2D eigenvalue weighted by atomic mass is 35.5. The van der Waals surface area contributed by atoms with Crippen LogP contribution in [0.15, 0.2) is 48.5 Å². The molecule has 1 N–H and O–H groups in total. The average molecular weight is 373 g/mol. The number of amides is 1. The summed E-state index contributed by atoms with van der Waals surface area (Å²) in [5.41, 5.74) is 1.85. The number of carbonyl (C=O) groups is 1. The Labute approximate surface area is 160 Å². The van der Waals surface area contributed by atoms with Crippen molar-refractivity contribution in [1.29, 1.82) is 0 Å². The number of nitrogens with one attached hydrogen (secondary N) is 1. The van der Waals surface area contributed by atoms with Gasteiger partial charge in [0.2, 0.25) is 5.91 Å². The van der Waals surface area contributed by atoms with E-state index in [-0.39, 0.29) is 5.91 Å². The maximum atomic E-state index is 12.2. The van der Waals surface area contributed by atoms with Gasteiger partial charge in [0.05, 0.1) is 6.54 Å². The van der Waals surface area contributed by atoms with Crippen molar-refractivity contribution in [3.8, 4) is 5.75 Å². The summed E-state index contributed by atoms with van der Waals surface area (Å²) in [6.45, 7) is 5.20. The zero-order valence-electron chi connectivity index (χ0n) is 15.1. The molecule has 26 heavy (non-hydrogen) atoms. The van der Waals surface area contributed by atoms with Crippen molar-refractivity contribution in [3.63, 3.8) is 0 Å². The predicted octanol–water partition coefficient (Wildman–Crippen LogP) is 4.59. The van der Waals surface area contributed by atoms with Crippen LogP contribution in [0.5, 0.6) is 5.75 Å². The number of anilines is 1. The van der Waals surface area contributed by atoms with E-state index >= 15 is 0 Å². The molecule has 2 aromatic rings. The molecule has 1 amide bonds. The number of hydrogen-bond acceptors (Lipinski definition) is 3. The maximum Gasteiger partial charge on any atom is 0.238 e. The van der Waals surface area contributed by atoms with E-state index in [1.807, 2.05) is 48.5 Å². The van der Waals surface area contributed by atoms with Crippen molar-refractivity contribution in [2.24, 2.45) is 5.92 Å². The van der Waals surface area contributed by atoms with Crippen LogP contribution in [-0.2, 0) is 11.4 Å². The first kappa shape index (κ1) is 18.7. The minimum absolute atomic E-state index is 0.0360. The lowest BCUT2D eigenvalue weighted by atomic mass is 10.0. The molecule has 138 valence electrons. The van der Waals surface area contributed by atoms with Crippen LogP contribution >= 0.6 is 11.6 Å². The van der Waals surface area contributed by atoms with Crippen molar-refractivity contribution < 1.29 is 9.53 Å². The monoisotopic (exact) mass is 372 g/mol. The number of piperidine rings is 1. The maximum absolute atomic E-state index is 12.2. The van der Waals surface area contributed by atoms with Crippen molar-refractivity contribution in [2.45, 2.75) is 26.4 Å². The fourth-order valence-electron chi connectivity index (χ4n) is 3.22. The van der Waals surface area contributed by atoms with Crippen molar-refractivity contribution in [2.75, 3.05) is 25.0 Å². The van der Waals surface area contributed by atoms with E-state index in [9.17, 15) is 4.79 Å². The molecule has 0 saturated carbocycles. The van der Waals surface area contributed by atoms with Crippen LogP contribution in [-0.4, -0.2) is 30.4 Å². The zero-order valence-corrected chi connectivity index (χ0v) is 15.8. The van der Waals surface area contributed by atoms with Gasteiger partial charge >= 0.3 is 0 Å². The lowest BCUT2D eigenvalue weighted by Crippen LogP contribution is -2.39. The second-order valence-corrected chi connectivity index (χ2v) is 7.41. The average Bonchev–Trinajstić information content (AvgIpc) is 2.62. The highest BCUT2D eigenvalue weighted by molar-refractivity contribution is 6.30. The molecule has 1 fully saturated rings. The van der Waals surface area contributed by atoms with Crippen LogP contribution in [0.4, 0.5) is 5.69 Å². The van der Waals surface area contributed by atoms with Gasteiger partial charge in [0.15, 0.2) is 0 Å². The third-order valence-electron chi connectivity index (χ3n) is 4.57. The van der Waals surface area contributed by atoms with E-state index in [1.165, 1.54) is 12.8 Å². The van der Waals surface area contributed by atoms with Gasteiger partial charge in [0.25, 0.3) is 0 Å². The lowest BCUT2D eigenvalue weighted by molar-refractivity contribution is -0.117. The standard InChI is InChI=1S/C21H25ClN2O2/c1-16-3-2-12-24(13-16)14-21(25)23-19-8-10-20(11-9-19)26-15-17-4-6-18(22)7-5-17/h4-11,16H,2-3,12-15H2,1H3,(H,23,25). The molecule has 1 aliphatic heterocycles. The summed E-state index contributed by atoms with van der Waals surface area (Å²) in [5.74, 6) is 1.48. The number of nitrogens with zero attached hydrogens (tertiary/aromatic N) is 1. The smallest absolute Gasteiger partial charge is 0.238 e. The fraction of sp³-hybridized carbons (Fsp3) is 0.381. The zero-order chi connectivity index (χ0) is 18.4. The molecule has 1 aliphatic rings. The lowest BCUT2D eigenvalue weighted by Gasteiger charge is -2.30. The molecule has 0 bridgehead atoms. The molecule has 0 spiro atoms. The Kier molecular flexibility index (Phi) is 6.53. The van der Waals surface area contributed by atoms with E-state index in [0.29, 0.717) is 24.1 Å². The summed E-state index contributed by atoms with van der Waals surface area (Å²) < 4.78 is 5.76.